The zero-order valence-electron chi connectivity index (χ0n) is 14.1. The minimum Gasteiger partial charge on any atom is -0.476 e. The monoisotopic (exact) mass is 350 g/mol. The van der Waals surface area contributed by atoms with Crippen LogP contribution in [-0.2, 0) is 6.54 Å². The van der Waals surface area contributed by atoms with Gasteiger partial charge in [0.1, 0.15) is 0 Å². The van der Waals surface area contributed by atoms with E-state index < -0.39 is 5.97 Å². The topological polar surface area (TPSA) is 110 Å². The van der Waals surface area contributed by atoms with Gasteiger partial charge in [0.25, 0.3) is 5.91 Å². The fourth-order valence-corrected chi connectivity index (χ4v) is 2.57. The molecule has 0 unspecified atom stereocenters. The summed E-state index contributed by atoms with van der Waals surface area (Å²) in [7, 11) is 0. The molecule has 26 heavy (non-hydrogen) atoms. The van der Waals surface area contributed by atoms with Crippen LogP contribution in [0.15, 0.2) is 54.7 Å². The molecule has 0 aliphatic carbocycles. The normalized spacial score (nSPS) is 10.5. The number of hydrogen-bond donors (Lipinski definition) is 3. The van der Waals surface area contributed by atoms with Crippen LogP contribution in [0.4, 0.5) is 11.4 Å². The molecule has 1 heterocycles. The molecule has 0 saturated heterocycles. The van der Waals surface area contributed by atoms with Crippen molar-refractivity contribution in [3.05, 3.63) is 77.1 Å². The Labute approximate surface area is 150 Å². The Morgan fingerprint density at radius 3 is 2.46 bits per heavy atom. The number of nitrogens with two attached hydrogens (primary N) is 1. The Hall–Kier alpha value is -3.61. The van der Waals surface area contributed by atoms with Crippen LogP contribution in [0.2, 0.25) is 0 Å². The van der Waals surface area contributed by atoms with E-state index in [1.54, 1.807) is 66.3 Å². The smallest absolute Gasteiger partial charge is 0.356 e. The van der Waals surface area contributed by atoms with Gasteiger partial charge < -0.3 is 16.2 Å². The van der Waals surface area contributed by atoms with Gasteiger partial charge in [-0.25, -0.2) is 4.79 Å². The van der Waals surface area contributed by atoms with Gasteiger partial charge in [0.2, 0.25) is 0 Å². The molecule has 4 N–H and O–H groups in total. The molecule has 7 nitrogen and oxygen atoms in total. The number of aromatic carboxylic acids is 1. The van der Waals surface area contributed by atoms with Crippen LogP contribution in [0.5, 0.6) is 0 Å². The largest absolute Gasteiger partial charge is 0.476 e. The van der Waals surface area contributed by atoms with E-state index in [9.17, 15) is 9.59 Å². The predicted octanol–water partition coefficient (Wildman–Crippen LogP) is 2.77. The summed E-state index contributed by atoms with van der Waals surface area (Å²) in [6.07, 6.45) is 1.68. The van der Waals surface area contributed by atoms with Gasteiger partial charge in [-0.15, -0.1) is 0 Å². The van der Waals surface area contributed by atoms with Crippen molar-refractivity contribution < 1.29 is 14.7 Å². The van der Waals surface area contributed by atoms with Gasteiger partial charge in [0, 0.05) is 17.3 Å². The van der Waals surface area contributed by atoms with Crippen LogP contribution in [0.1, 0.15) is 32.0 Å². The molecule has 0 aliphatic heterocycles. The summed E-state index contributed by atoms with van der Waals surface area (Å²) in [5.41, 5.74) is 8.94. The molecule has 0 bridgehead atoms. The van der Waals surface area contributed by atoms with Crippen LogP contribution in [-0.4, -0.2) is 26.8 Å². The van der Waals surface area contributed by atoms with Crippen LogP contribution in [0, 0.1) is 6.92 Å². The Bertz CT molecular complexity index is 961. The summed E-state index contributed by atoms with van der Waals surface area (Å²) in [4.78, 5) is 23.4. The van der Waals surface area contributed by atoms with Crippen molar-refractivity contribution in [1.29, 1.82) is 0 Å². The molecule has 2 aromatic carbocycles. The average molecular weight is 350 g/mol. The Kier molecular flexibility index (Phi) is 4.70. The third-order valence-corrected chi connectivity index (χ3v) is 3.92. The van der Waals surface area contributed by atoms with Crippen LogP contribution < -0.4 is 11.1 Å². The van der Waals surface area contributed by atoms with Crippen molar-refractivity contribution in [3.63, 3.8) is 0 Å². The van der Waals surface area contributed by atoms with Crippen molar-refractivity contribution in [3.8, 4) is 0 Å². The summed E-state index contributed by atoms with van der Waals surface area (Å²) in [6.45, 7) is 2.12. The molecule has 0 aliphatic rings. The first-order valence-electron chi connectivity index (χ1n) is 7.96. The highest BCUT2D eigenvalue weighted by molar-refractivity contribution is 6.05. The van der Waals surface area contributed by atoms with Crippen molar-refractivity contribution in [2.45, 2.75) is 13.5 Å². The number of nitrogen functional groups attached to an aromatic ring is 1. The molecule has 0 atom stereocenters. The highest BCUT2D eigenvalue weighted by atomic mass is 16.4. The number of benzene rings is 2. The van der Waals surface area contributed by atoms with E-state index in [1.807, 2.05) is 0 Å². The maximum absolute atomic E-state index is 12.3. The van der Waals surface area contributed by atoms with Crippen LogP contribution in [0.25, 0.3) is 0 Å². The zero-order chi connectivity index (χ0) is 18.7. The molecule has 0 fully saturated rings. The predicted molar refractivity (Wildman–Crippen MR) is 98.3 cm³/mol. The first-order chi connectivity index (χ1) is 12.4. The quantitative estimate of drug-likeness (QED) is 0.613. The van der Waals surface area contributed by atoms with Gasteiger partial charge in [-0.2, -0.15) is 5.10 Å². The highest BCUT2D eigenvalue weighted by Crippen LogP contribution is 2.18. The molecule has 132 valence electrons. The number of nitrogens with zero attached hydrogens (tertiary/aromatic N) is 2. The number of rotatable bonds is 5. The zero-order valence-corrected chi connectivity index (χ0v) is 14.1. The molecule has 7 heteroatoms. The lowest BCUT2D eigenvalue weighted by Crippen LogP contribution is -2.13. The number of para-hydroxylation sites is 2. The molecular formula is C19H18N4O3. The number of carboxylic acids is 1. The average Bonchev–Trinajstić information content (AvgIpc) is 2.98. The van der Waals surface area contributed by atoms with Crippen molar-refractivity contribution >= 4 is 23.3 Å². The highest BCUT2D eigenvalue weighted by Gasteiger charge is 2.13. The molecule has 0 radical (unpaired) electrons. The van der Waals surface area contributed by atoms with E-state index in [0.717, 1.165) is 5.56 Å². The standard InChI is InChI=1S/C19H18N4O3/c1-12-10-23(22-17(12)19(25)26)11-13-6-8-14(9-7-13)18(24)21-16-5-3-2-4-15(16)20/h2-10H,11,20H2,1H3,(H,21,24)(H,25,26). The van der Waals surface area contributed by atoms with Crippen molar-refractivity contribution in [2.24, 2.45) is 0 Å². The summed E-state index contributed by atoms with van der Waals surface area (Å²) >= 11 is 0. The fraction of sp³-hybridized carbons (Fsp3) is 0.105. The lowest BCUT2D eigenvalue weighted by Gasteiger charge is -2.08. The second kappa shape index (κ2) is 7.10. The first kappa shape index (κ1) is 17.2. The van der Waals surface area contributed by atoms with E-state index in [2.05, 4.69) is 10.4 Å². The number of carbonyl (C=O) groups excluding carboxylic acids is 1. The van der Waals surface area contributed by atoms with Gasteiger partial charge in [-0.1, -0.05) is 24.3 Å². The number of aromatic nitrogens is 2. The minimum atomic E-state index is -1.05. The third-order valence-electron chi connectivity index (χ3n) is 3.92. The summed E-state index contributed by atoms with van der Waals surface area (Å²) in [5, 5.41) is 15.9. The Morgan fingerprint density at radius 1 is 1.15 bits per heavy atom. The van der Waals surface area contributed by atoms with E-state index in [0.29, 0.717) is 29.0 Å². The number of carbonyl (C=O) groups is 2. The second-order valence-corrected chi connectivity index (χ2v) is 5.90. The maximum atomic E-state index is 12.3. The number of amides is 1. The summed E-state index contributed by atoms with van der Waals surface area (Å²) in [6, 6.07) is 14.1. The SMILES string of the molecule is Cc1cn(Cc2ccc(C(=O)Nc3ccccc3N)cc2)nc1C(=O)O. The van der Waals surface area contributed by atoms with Crippen LogP contribution in [0.3, 0.4) is 0 Å². The molecule has 3 rings (SSSR count). The summed E-state index contributed by atoms with van der Waals surface area (Å²) < 4.78 is 1.57. The van der Waals surface area contributed by atoms with Gasteiger partial charge in [0.05, 0.1) is 17.9 Å². The van der Waals surface area contributed by atoms with E-state index in [4.69, 9.17) is 10.8 Å². The summed E-state index contributed by atoms with van der Waals surface area (Å²) in [5.74, 6) is -1.30. The number of aryl methyl sites for hydroxylation is 1. The van der Waals surface area contributed by atoms with E-state index in [-0.39, 0.29) is 11.6 Å². The van der Waals surface area contributed by atoms with E-state index in [1.165, 1.54) is 0 Å². The minimum absolute atomic E-state index is 0.0430. The van der Waals surface area contributed by atoms with Gasteiger partial charge >= 0.3 is 5.97 Å². The maximum Gasteiger partial charge on any atom is 0.356 e. The van der Waals surface area contributed by atoms with Gasteiger partial charge in [0.15, 0.2) is 5.69 Å². The Morgan fingerprint density at radius 2 is 1.85 bits per heavy atom. The molecular weight excluding hydrogens is 332 g/mol. The van der Waals surface area contributed by atoms with Crippen LogP contribution >= 0.6 is 0 Å². The lowest BCUT2D eigenvalue weighted by molar-refractivity contribution is 0.0688. The lowest BCUT2D eigenvalue weighted by atomic mass is 10.1. The van der Waals surface area contributed by atoms with E-state index >= 15 is 0 Å². The van der Waals surface area contributed by atoms with Gasteiger partial charge in [-0.05, 0) is 36.8 Å². The molecule has 1 amide bonds. The van der Waals surface area contributed by atoms with Crippen molar-refractivity contribution in [1.82, 2.24) is 9.78 Å². The second-order valence-electron chi connectivity index (χ2n) is 5.90. The third kappa shape index (κ3) is 3.72. The van der Waals surface area contributed by atoms with Crippen molar-refractivity contribution in [2.75, 3.05) is 11.1 Å². The molecule has 3 aromatic rings. The number of hydrogen-bond acceptors (Lipinski definition) is 4. The Balaban J connectivity index is 1.70. The van der Waals surface area contributed by atoms with Gasteiger partial charge in [-0.3, -0.25) is 9.48 Å². The first-order valence-corrected chi connectivity index (χ1v) is 7.96. The number of carboxylic acid groups (broad SMARTS) is 1. The number of nitrogens with one attached hydrogen (secondary N) is 1. The molecule has 1 aromatic heterocycles. The fourth-order valence-electron chi connectivity index (χ4n) is 2.57. The molecule has 0 saturated carbocycles. The molecule has 0 spiro atoms. The number of anilines is 2.